The van der Waals surface area contributed by atoms with Crippen LogP contribution in [0.25, 0.3) is 6.08 Å². The zero-order valence-electron chi connectivity index (χ0n) is 19.6. The van der Waals surface area contributed by atoms with Crippen LogP contribution in [0.2, 0.25) is 0 Å². The Hall–Kier alpha value is -4.31. The topological polar surface area (TPSA) is 107 Å². The third-order valence-electron chi connectivity index (χ3n) is 5.19. The number of nitrogens with zero attached hydrogens (tertiary/aromatic N) is 2. The number of hydrogen-bond acceptors (Lipinski definition) is 8. The summed E-state index contributed by atoms with van der Waals surface area (Å²) in [7, 11) is 3.01. The Morgan fingerprint density at radius 2 is 1.75 bits per heavy atom. The molecule has 36 heavy (non-hydrogen) atoms. The van der Waals surface area contributed by atoms with E-state index in [1.54, 1.807) is 60.9 Å². The number of imide groups is 1. The highest BCUT2D eigenvalue weighted by molar-refractivity contribution is 8.18. The van der Waals surface area contributed by atoms with Crippen molar-refractivity contribution in [2.45, 2.75) is 6.61 Å². The van der Waals surface area contributed by atoms with Gasteiger partial charge in [-0.1, -0.05) is 18.2 Å². The number of amides is 3. The summed E-state index contributed by atoms with van der Waals surface area (Å²) in [5, 5.41) is 2.14. The Bertz CT molecular complexity index is 1310. The van der Waals surface area contributed by atoms with Crippen molar-refractivity contribution in [1.82, 2.24) is 9.88 Å². The fourth-order valence-electron chi connectivity index (χ4n) is 3.40. The van der Waals surface area contributed by atoms with Gasteiger partial charge in [0, 0.05) is 12.4 Å². The number of aromatic nitrogens is 1. The van der Waals surface area contributed by atoms with Crippen molar-refractivity contribution in [1.29, 1.82) is 0 Å². The van der Waals surface area contributed by atoms with Gasteiger partial charge in [-0.3, -0.25) is 24.3 Å². The van der Waals surface area contributed by atoms with Crippen LogP contribution < -0.4 is 19.5 Å². The van der Waals surface area contributed by atoms with Gasteiger partial charge in [0.05, 0.1) is 24.8 Å². The highest BCUT2D eigenvalue weighted by atomic mass is 32.2. The predicted octanol–water partition coefficient (Wildman–Crippen LogP) is 4.35. The zero-order valence-corrected chi connectivity index (χ0v) is 20.4. The monoisotopic (exact) mass is 505 g/mol. The number of ether oxygens (including phenoxy) is 3. The summed E-state index contributed by atoms with van der Waals surface area (Å²) >= 11 is 0.774. The van der Waals surface area contributed by atoms with E-state index >= 15 is 0 Å². The van der Waals surface area contributed by atoms with Crippen LogP contribution >= 0.6 is 11.8 Å². The van der Waals surface area contributed by atoms with Crippen molar-refractivity contribution in [3.05, 3.63) is 83.0 Å². The Balaban J connectivity index is 1.43. The van der Waals surface area contributed by atoms with Crippen LogP contribution in [0, 0.1) is 0 Å². The van der Waals surface area contributed by atoms with Crippen LogP contribution in [0.4, 0.5) is 10.5 Å². The lowest BCUT2D eigenvalue weighted by atomic mass is 10.2. The first-order valence-corrected chi connectivity index (χ1v) is 11.7. The fourth-order valence-corrected chi connectivity index (χ4v) is 4.24. The molecule has 1 aliphatic rings. The van der Waals surface area contributed by atoms with Crippen molar-refractivity contribution in [3.63, 3.8) is 0 Å². The second-order valence-electron chi connectivity index (χ2n) is 7.57. The molecule has 0 radical (unpaired) electrons. The fraction of sp³-hybridized carbons (Fsp3) is 0.154. The van der Waals surface area contributed by atoms with Crippen LogP contribution in [-0.2, 0) is 16.2 Å². The van der Waals surface area contributed by atoms with Gasteiger partial charge in [-0.2, -0.15) is 0 Å². The van der Waals surface area contributed by atoms with E-state index in [2.05, 4.69) is 10.3 Å². The van der Waals surface area contributed by atoms with Gasteiger partial charge in [0.1, 0.15) is 18.9 Å². The summed E-state index contributed by atoms with van der Waals surface area (Å²) in [5.41, 5.74) is 2.05. The van der Waals surface area contributed by atoms with Gasteiger partial charge >= 0.3 is 0 Å². The molecule has 0 bridgehead atoms. The Labute approximate surface area is 212 Å². The lowest BCUT2D eigenvalue weighted by molar-refractivity contribution is -0.127. The normalized spacial score (nSPS) is 14.2. The number of benzene rings is 2. The van der Waals surface area contributed by atoms with E-state index in [1.807, 2.05) is 12.1 Å². The second kappa shape index (κ2) is 11.4. The summed E-state index contributed by atoms with van der Waals surface area (Å²) in [5.74, 6) is 0.431. The molecule has 1 saturated heterocycles. The molecule has 0 atom stereocenters. The van der Waals surface area contributed by atoms with Gasteiger partial charge in [-0.15, -0.1) is 0 Å². The number of methoxy groups -OCH3 is 2. The average molecular weight is 506 g/mol. The van der Waals surface area contributed by atoms with Gasteiger partial charge in [-0.05, 0) is 65.4 Å². The molecule has 2 heterocycles. The van der Waals surface area contributed by atoms with Crippen molar-refractivity contribution in [2.24, 2.45) is 0 Å². The number of thioether (sulfide) groups is 1. The molecule has 1 aliphatic heterocycles. The Morgan fingerprint density at radius 3 is 2.50 bits per heavy atom. The van der Waals surface area contributed by atoms with E-state index in [1.165, 1.54) is 14.2 Å². The maximum Gasteiger partial charge on any atom is 0.294 e. The molecular weight excluding hydrogens is 482 g/mol. The molecule has 1 aromatic heterocycles. The first-order valence-electron chi connectivity index (χ1n) is 10.9. The van der Waals surface area contributed by atoms with Crippen LogP contribution in [0.3, 0.4) is 0 Å². The van der Waals surface area contributed by atoms with E-state index in [-0.39, 0.29) is 4.91 Å². The number of nitrogens with one attached hydrogen (secondary N) is 1. The number of para-hydroxylation sites is 2. The van der Waals surface area contributed by atoms with Crippen LogP contribution in [-0.4, -0.2) is 47.7 Å². The molecule has 1 fully saturated rings. The highest BCUT2D eigenvalue weighted by Crippen LogP contribution is 2.35. The minimum atomic E-state index is -0.544. The van der Waals surface area contributed by atoms with E-state index in [4.69, 9.17) is 14.2 Å². The summed E-state index contributed by atoms with van der Waals surface area (Å²) in [6.45, 7) is -0.0702. The molecule has 1 N–H and O–H groups in total. The molecule has 3 amide bonds. The number of pyridine rings is 1. The molecular formula is C26H23N3O6S. The minimum absolute atomic E-state index is 0.206. The first kappa shape index (κ1) is 24.8. The number of hydrogen-bond donors (Lipinski definition) is 1. The number of carbonyl (C=O) groups is 3. The summed E-state index contributed by atoms with van der Waals surface area (Å²) < 4.78 is 16.5. The quantitative estimate of drug-likeness (QED) is 0.428. The van der Waals surface area contributed by atoms with Crippen LogP contribution in [0.15, 0.2) is 71.9 Å². The number of anilines is 1. The van der Waals surface area contributed by atoms with Gasteiger partial charge in [0.15, 0.2) is 11.5 Å². The molecule has 10 heteroatoms. The predicted molar refractivity (Wildman–Crippen MR) is 136 cm³/mol. The van der Waals surface area contributed by atoms with E-state index < -0.39 is 23.6 Å². The molecule has 2 aromatic carbocycles. The summed E-state index contributed by atoms with van der Waals surface area (Å²) in [6.07, 6.45) is 4.96. The summed E-state index contributed by atoms with van der Waals surface area (Å²) in [4.78, 5) is 42.9. The number of rotatable bonds is 9. The maximum atomic E-state index is 12.9. The lowest BCUT2D eigenvalue weighted by Gasteiger charge is -2.14. The van der Waals surface area contributed by atoms with E-state index in [9.17, 15) is 14.4 Å². The average Bonchev–Trinajstić information content (AvgIpc) is 3.15. The van der Waals surface area contributed by atoms with Crippen LogP contribution in [0.1, 0.15) is 11.1 Å². The first-order chi connectivity index (χ1) is 17.5. The second-order valence-corrected chi connectivity index (χ2v) is 8.56. The highest BCUT2D eigenvalue weighted by Gasteiger charge is 2.36. The van der Waals surface area contributed by atoms with E-state index in [0.717, 1.165) is 22.2 Å². The number of carbonyl (C=O) groups excluding carboxylic acids is 3. The largest absolute Gasteiger partial charge is 0.495 e. The smallest absolute Gasteiger partial charge is 0.294 e. The summed E-state index contributed by atoms with van der Waals surface area (Å²) in [6, 6.07) is 15.8. The molecule has 3 aromatic rings. The lowest BCUT2D eigenvalue weighted by Crippen LogP contribution is -2.36. The molecule has 184 valence electrons. The van der Waals surface area contributed by atoms with Gasteiger partial charge in [-0.25, -0.2) is 0 Å². The van der Waals surface area contributed by atoms with Crippen molar-refractivity contribution >= 4 is 40.6 Å². The van der Waals surface area contributed by atoms with Crippen molar-refractivity contribution in [2.75, 3.05) is 26.1 Å². The zero-order chi connectivity index (χ0) is 25.5. The standard InChI is InChI=1S/C26H23N3O6S/c1-33-20-6-4-3-5-19(20)28-24(30)15-29-25(31)23(36-26(29)32)14-18-7-8-21(22(13-18)34-2)35-16-17-9-11-27-12-10-17/h3-14H,15-16H2,1-2H3,(H,28,30)/b23-14+. The van der Waals surface area contributed by atoms with Gasteiger partial charge in [0.2, 0.25) is 5.91 Å². The molecule has 4 rings (SSSR count). The Kier molecular flexibility index (Phi) is 7.86. The SMILES string of the molecule is COc1ccccc1NC(=O)CN1C(=O)S/C(=C/c2ccc(OCc3ccncc3)c(OC)c2)C1=O. The molecule has 0 saturated carbocycles. The van der Waals surface area contributed by atoms with Gasteiger partial charge in [0.25, 0.3) is 11.1 Å². The Morgan fingerprint density at radius 1 is 1.00 bits per heavy atom. The third-order valence-corrected chi connectivity index (χ3v) is 6.09. The van der Waals surface area contributed by atoms with Crippen LogP contribution in [0.5, 0.6) is 17.2 Å². The minimum Gasteiger partial charge on any atom is -0.495 e. The van der Waals surface area contributed by atoms with Crippen molar-refractivity contribution < 1.29 is 28.6 Å². The van der Waals surface area contributed by atoms with Crippen molar-refractivity contribution in [3.8, 4) is 17.2 Å². The maximum absolute atomic E-state index is 12.9. The van der Waals surface area contributed by atoms with E-state index in [0.29, 0.717) is 35.1 Å². The molecule has 9 nitrogen and oxygen atoms in total. The molecule has 0 unspecified atom stereocenters. The van der Waals surface area contributed by atoms with Gasteiger partial charge < -0.3 is 19.5 Å². The molecule has 0 aliphatic carbocycles. The third kappa shape index (κ3) is 5.84. The molecule has 0 spiro atoms.